The number of imidazole rings is 1. The van der Waals surface area contributed by atoms with Crippen LogP contribution in [0.2, 0.25) is 0 Å². The van der Waals surface area contributed by atoms with Crippen molar-refractivity contribution in [2.45, 2.75) is 39.0 Å². The number of halogens is 1. The Kier molecular flexibility index (Phi) is 4.36. The molecular weight excluding hydrogens is 346 g/mol. The summed E-state index contributed by atoms with van der Waals surface area (Å²) in [6.45, 7) is 4.52. The fourth-order valence-electron chi connectivity index (χ4n) is 4.59. The fourth-order valence-corrected chi connectivity index (χ4v) is 4.59. The molecule has 1 fully saturated rings. The van der Waals surface area contributed by atoms with Crippen molar-refractivity contribution >= 4 is 34.9 Å². The van der Waals surface area contributed by atoms with Crippen molar-refractivity contribution in [1.29, 1.82) is 0 Å². The maximum atomic E-state index is 9.71. The Bertz CT molecular complexity index is 957. The lowest BCUT2D eigenvalue weighted by Crippen LogP contribution is -2.41. The molecule has 2 aliphatic rings. The number of para-hydroxylation sites is 2. The third-order valence-electron chi connectivity index (χ3n) is 6.28. The van der Waals surface area contributed by atoms with Crippen molar-refractivity contribution in [2.24, 2.45) is 5.41 Å². The zero-order valence-electron chi connectivity index (χ0n) is 15.2. The van der Waals surface area contributed by atoms with Gasteiger partial charge < -0.3 is 10.0 Å². The van der Waals surface area contributed by atoms with Crippen LogP contribution in [0.15, 0.2) is 30.3 Å². The lowest BCUT2D eigenvalue weighted by molar-refractivity contribution is 0.114. The average Bonchev–Trinajstić information content (AvgIpc) is 3.24. The molecule has 4 nitrogen and oxygen atoms in total. The molecule has 0 atom stereocenters. The number of nitrogens with zero attached hydrogens (tertiary/aromatic N) is 3. The number of fused-ring (bicyclic) bond motifs is 4. The van der Waals surface area contributed by atoms with Gasteiger partial charge in [0, 0.05) is 19.7 Å². The number of aromatic nitrogens is 2. The van der Waals surface area contributed by atoms with E-state index in [9.17, 15) is 5.11 Å². The summed E-state index contributed by atoms with van der Waals surface area (Å²) < 4.78 is 2.38. The smallest absolute Gasteiger partial charge is 0.139 e. The maximum absolute atomic E-state index is 9.71. The van der Waals surface area contributed by atoms with Crippen LogP contribution in [0.5, 0.6) is 0 Å². The molecule has 0 saturated carbocycles. The predicted molar refractivity (Wildman–Crippen MR) is 109 cm³/mol. The first kappa shape index (κ1) is 17.6. The number of aliphatic hydroxyl groups excluding tert-OH is 1. The van der Waals surface area contributed by atoms with Gasteiger partial charge in [-0.3, -0.25) is 4.40 Å². The first-order valence-electron chi connectivity index (χ1n) is 9.46. The van der Waals surface area contributed by atoms with Gasteiger partial charge in [-0.15, -0.1) is 12.4 Å². The Morgan fingerprint density at radius 1 is 1.15 bits per heavy atom. The van der Waals surface area contributed by atoms with Crippen LogP contribution >= 0.6 is 12.4 Å². The normalized spacial score (nSPS) is 18.9. The summed E-state index contributed by atoms with van der Waals surface area (Å²) in [6.07, 6.45) is 5.67. The summed E-state index contributed by atoms with van der Waals surface area (Å²) in [5, 5.41) is 9.71. The summed E-state index contributed by atoms with van der Waals surface area (Å²) in [4.78, 5) is 7.43. The number of piperidine rings is 1. The highest BCUT2D eigenvalue weighted by atomic mass is 35.5. The van der Waals surface area contributed by atoms with E-state index < -0.39 is 0 Å². The van der Waals surface area contributed by atoms with Gasteiger partial charge in [0.1, 0.15) is 11.5 Å². The highest BCUT2D eigenvalue weighted by molar-refractivity contribution is 5.85. The Labute approximate surface area is 160 Å². The molecule has 5 rings (SSSR count). The number of aliphatic hydroxyl groups is 1. The minimum atomic E-state index is 0. The molecule has 1 aromatic carbocycles. The molecule has 3 aromatic rings. The third kappa shape index (κ3) is 2.58. The second-order valence-corrected chi connectivity index (χ2v) is 8.08. The molecule has 1 N–H and O–H groups in total. The van der Waals surface area contributed by atoms with Crippen molar-refractivity contribution < 1.29 is 5.11 Å². The Morgan fingerprint density at radius 2 is 1.92 bits per heavy atom. The number of hydrogen-bond acceptors (Lipinski definition) is 3. The van der Waals surface area contributed by atoms with E-state index in [1.807, 2.05) is 0 Å². The van der Waals surface area contributed by atoms with Gasteiger partial charge in [-0.05, 0) is 66.8 Å². The van der Waals surface area contributed by atoms with Crippen LogP contribution in [-0.2, 0) is 12.8 Å². The minimum Gasteiger partial charge on any atom is -0.396 e. The van der Waals surface area contributed by atoms with Crippen molar-refractivity contribution in [3.8, 4) is 0 Å². The zero-order valence-corrected chi connectivity index (χ0v) is 16.1. The van der Waals surface area contributed by atoms with Gasteiger partial charge in [0.05, 0.1) is 11.0 Å². The van der Waals surface area contributed by atoms with Gasteiger partial charge in [-0.1, -0.05) is 19.1 Å². The molecule has 1 saturated heterocycles. The molecule has 2 aromatic heterocycles. The Balaban J connectivity index is 0.00000168. The molecule has 1 aliphatic heterocycles. The molecule has 5 heteroatoms. The topological polar surface area (TPSA) is 40.8 Å². The van der Waals surface area contributed by atoms with E-state index in [1.165, 1.54) is 41.7 Å². The van der Waals surface area contributed by atoms with Gasteiger partial charge in [-0.2, -0.15) is 0 Å². The van der Waals surface area contributed by atoms with Crippen LogP contribution in [0.25, 0.3) is 16.7 Å². The summed E-state index contributed by atoms with van der Waals surface area (Å²) in [7, 11) is 0. The number of hydrogen-bond donors (Lipinski definition) is 1. The fraction of sp³-hybridized carbons (Fsp3) is 0.476. The van der Waals surface area contributed by atoms with E-state index in [4.69, 9.17) is 4.98 Å². The lowest BCUT2D eigenvalue weighted by atomic mass is 9.81. The first-order chi connectivity index (χ1) is 12.2. The second-order valence-electron chi connectivity index (χ2n) is 8.08. The predicted octanol–water partition coefficient (Wildman–Crippen LogP) is 4.00. The number of anilines is 1. The number of benzene rings is 1. The molecular formula is C21H26ClN3O. The molecule has 26 heavy (non-hydrogen) atoms. The van der Waals surface area contributed by atoms with Crippen LogP contribution in [0.4, 0.5) is 5.82 Å². The number of pyridine rings is 1. The van der Waals surface area contributed by atoms with E-state index in [0.29, 0.717) is 0 Å². The van der Waals surface area contributed by atoms with E-state index >= 15 is 0 Å². The molecule has 3 heterocycles. The van der Waals surface area contributed by atoms with Gasteiger partial charge in [-0.25, -0.2) is 4.98 Å². The van der Waals surface area contributed by atoms with Crippen molar-refractivity contribution in [2.75, 3.05) is 24.6 Å². The summed E-state index contributed by atoms with van der Waals surface area (Å²) >= 11 is 0. The van der Waals surface area contributed by atoms with E-state index in [0.717, 1.165) is 37.1 Å². The van der Waals surface area contributed by atoms with Gasteiger partial charge in [0.15, 0.2) is 0 Å². The van der Waals surface area contributed by atoms with Crippen LogP contribution in [0, 0.1) is 5.41 Å². The van der Waals surface area contributed by atoms with Crippen molar-refractivity contribution in [3.63, 3.8) is 0 Å². The van der Waals surface area contributed by atoms with Crippen LogP contribution in [-0.4, -0.2) is 34.2 Å². The lowest BCUT2D eigenvalue weighted by Gasteiger charge is -2.40. The standard InChI is InChI=1S/C21H25N3O.ClH/c1-21(14-25)9-11-23(12-10-21)20-16-6-4-5-15(16)13-19-22-17-7-2-3-8-18(17)24(19)20;/h2-3,7-8,13,25H,4-6,9-12,14H2,1H3;1H. The van der Waals surface area contributed by atoms with Crippen LogP contribution < -0.4 is 4.90 Å². The monoisotopic (exact) mass is 371 g/mol. The van der Waals surface area contributed by atoms with Gasteiger partial charge >= 0.3 is 0 Å². The Hall–Kier alpha value is -1.78. The second kappa shape index (κ2) is 6.43. The van der Waals surface area contributed by atoms with Gasteiger partial charge in [0.25, 0.3) is 0 Å². The van der Waals surface area contributed by atoms with E-state index in [-0.39, 0.29) is 24.4 Å². The third-order valence-corrected chi connectivity index (χ3v) is 6.28. The zero-order chi connectivity index (χ0) is 17.0. The van der Waals surface area contributed by atoms with Gasteiger partial charge in [0.2, 0.25) is 0 Å². The molecule has 1 aliphatic carbocycles. The SMILES string of the molecule is CC1(CO)CCN(c2c3c(cc4nc5ccccc5n24)CCC3)CC1.Cl. The highest BCUT2D eigenvalue weighted by Crippen LogP contribution is 2.39. The quantitative estimate of drug-likeness (QED) is 0.740. The molecule has 0 radical (unpaired) electrons. The van der Waals surface area contributed by atoms with Crippen molar-refractivity contribution in [3.05, 3.63) is 41.5 Å². The molecule has 0 amide bonds. The molecule has 0 spiro atoms. The average molecular weight is 372 g/mol. The highest BCUT2D eigenvalue weighted by Gasteiger charge is 2.32. The van der Waals surface area contributed by atoms with Crippen LogP contribution in [0.3, 0.4) is 0 Å². The molecule has 0 bridgehead atoms. The van der Waals surface area contributed by atoms with Crippen LogP contribution in [0.1, 0.15) is 37.3 Å². The molecule has 138 valence electrons. The number of rotatable bonds is 2. The summed E-state index contributed by atoms with van der Waals surface area (Å²) in [5.74, 6) is 1.36. The molecule has 0 unspecified atom stereocenters. The maximum Gasteiger partial charge on any atom is 0.139 e. The van der Waals surface area contributed by atoms with E-state index in [2.05, 4.69) is 46.6 Å². The largest absolute Gasteiger partial charge is 0.396 e. The Morgan fingerprint density at radius 3 is 2.69 bits per heavy atom. The summed E-state index contributed by atoms with van der Waals surface area (Å²) in [5.41, 5.74) is 6.43. The summed E-state index contributed by atoms with van der Waals surface area (Å²) in [6, 6.07) is 10.8. The first-order valence-corrected chi connectivity index (χ1v) is 9.46. The van der Waals surface area contributed by atoms with E-state index in [1.54, 1.807) is 0 Å². The minimum absolute atomic E-state index is 0. The van der Waals surface area contributed by atoms with Crippen molar-refractivity contribution in [1.82, 2.24) is 9.38 Å². The number of aryl methyl sites for hydroxylation is 1.